The van der Waals surface area contributed by atoms with Crippen LogP contribution in [0.1, 0.15) is 284 Å². The van der Waals surface area contributed by atoms with Crippen LogP contribution in [0.2, 0.25) is 0 Å². The zero-order chi connectivity index (χ0) is 60.0. The van der Waals surface area contributed by atoms with Crippen LogP contribution in [-0.2, 0) is 14.3 Å². The molecule has 0 aromatic carbocycles. The van der Waals surface area contributed by atoms with Crippen molar-refractivity contribution in [2.75, 3.05) is 13.2 Å². The molecule has 83 heavy (non-hydrogen) atoms. The molecule has 1 fully saturated rings. The van der Waals surface area contributed by atoms with E-state index in [-0.39, 0.29) is 12.5 Å². The maximum atomic E-state index is 13.1. The quantitative estimate of drug-likeness (QED) is 0.0261. The van der Waals surface area contributed by atoms with Gasteiger partial charge in [-0.15, -0.1) is 0 Å². The number of nitrogens with one attached hydrogen (secondary N) is 1. The predicted octanol–water partition coefficient (Wildman–Crippen LogP) is 18.6. The number of allylic oxidation sites excluding steroid dienone is 19. The maximum Gasteiger partial charge on any atom is 0.220 e. The van der Waals surface area contributed by atoms with Crippen LogP contribution in [0, 0.1) is 0 Å². The van der Waals surface area contributed by atoms with Crippen molar-refractivity contribution in [3.8, 4) is 0 Å². The second-order valence-electron chi connectivity index (χ2n) is 23.2. The van der Waals surface area contributed by atoms with Gasteiger partial charge in [0.2, 0.25) is 5.91 Å². The minimum absolute atomic E-state index is 0.180. The number of unbranched alkanes of at least 4 members (excludes halogenated alkanes) is 30. The molecule has 0 bridgehead atoms. The number of aliphatic hydroxyl groups excluding tert-OH is 5. The van der Waals surface area contributed by atoms with Crippen LogP contribution in [-0.4, -0.2) is 87.5 Å². The smallest absolute Gasteiger partial charge is 0.220 e. The lowest BCUT2D eigenvalue weighted by Crippen LogP contribution is -2.60. The zero-order valence-electron chi connectivity index (χ0n) is 53.2. The fourth-order valence-corrected chi connectivity index (χ4v) is 10.2. The average molecular weight is 1160 g/mol. The summed E-state index contributed by atoms with van der Waals surface area (Å²) in [5, 5.41) is 54.7. The second-order valence-corrected chi connectivity index (χ2v) is 23.2. The summed E-state index contributed by atoms with van der Waals surface area (Å²) in [7, 11) is 0. The molecule has 0 aromatic rings. The van der Waals surface area contributed by atoms with Gasteiger partial charge in [-0.25, -0.2) is 0 Å². The van der Waals surface area contributed by atoms with Crippen LogP contribution in [0.15, 0.2) is 122 Å². The second kappa shape index (κ2) is 61.7. The third-order valence-corrected chi connectivity index (χ3v) is 15.5. The number of aliphatic hydroxyl groups is 5. The fraction of sp³-hybridized carbons (Fsp3) is 0.716. The highest BCUT2D eigenvalue weighted by Gasteiger charge is 2.44. The van der Waals surface area contributed by atoms with E-state index in [0.717, 1.165) is 96.3 Å². The van der Waals surface area contributed by atoms with Gasteiger partial charge in [-0.05, 0) is 89.9 Å². The van der Waals surface area contributed by atoms with Gasteiger partial charge in [0.25, 0.3) is 0 Å². The largest absolute Gasteiger partial charge is 0.394 e. The summed E-state index contributed by atoms with van der Waals surface area (Å²) < 4.78 is 11.3. The van der Waals surface area contributed by atoms with E-state index in [2.05, 4.69) is 129 Å². The highest BCUT2D eigenvalue weighted by Crippen LogP contribution is 2.23. The molecule has 476 valence electrons. The van der Waals surface area contributed by atoms with Gasteiger partial charge in [0, 0.05) is 6.42 Å². The Hall–Kier alpha value is -3.41. The Bertz CT molecular complexity index is 1720. The van der Waals surface area contributed by atoms with Crippen LogP contribution < -0.4 is 5.32 Å². The molecule has 9 nitrogen and oxygen atoms in total. The number of amides is 1. The highest BCUT2D eigenvalue weighted by molar-refractivity contribution is 5.76. The summed E-state index contributed by atoms with van der Waals surface area (Å²) in [6, 6.07) is -0.813. The van der Waals surface area contributed by atoms with Gasteiger partial charge >= 0.3 is 0 Å². The molecule has 1 saturated heterocycles. The van der Waals surface area contributed by atoms with Crippen molar-refractivity contribution in [3.63, 3.8) is 0 Å². The molecule has 0 spiro atoms. The third-order valence-electron chi connectivity index (χ3n) is 15.5. The minimum atomic E-state index is -1.57. The third kappa shape index (κ3) is 50.5. The summed E-state index contributed by atoms with van der Waals surface area (Å²) in [6.45, 7) is 3.68. The topological polar surface area (TPSA) is 149 Å². The monoisotopic (exact) mass is 1160 g/mol. The van der Waals surface area contributed by atoms with Gasteiger partial charge in [-0.1, -0.05) is 309 Å². The van der Waals surface area contributed by atoms with Crippen molar-refractivity contribution in [1.82, 2.24) is 5.32 Å². The van der Waals surface area contributed by atoms with Crippen LogP contribution >= 0.6 is 0 Å². The Morgan fingerprint density at radius 2 is 0.747 bits per heavy atom. The van der Waals surface area contributed by atoms with Gasteiger partial charge in [0.05, 0.1) is 25.4 Å². The first-order valence-electron chi connectivity index (χ1n) is 34.3. The minimum Gasteiger partial charge on any atom is -0.394 e. The van der Waals surface area contributed by atoms with Crippen molar-refractivity contribution in [2.24, 2.45) is 0 Å². The molecule has 1 aliphatic rings. The molecule has 0 saturated carbocycles. The van der Waals surface area contributed by atoms with Crippen LogP contribution in [0.4, 0.5) is 0 Å². The zero-order valence-corrected chi connectivity index (χ0v) is 53.2. The number of hydrogen-bond donors (Lipinski definition) is 6. The lowest BCUT2D eigenvalue weighted by Gasteiger charge is -2.40. The van der Waals surface area contributed by atoms with E-state index in [1.165, 1.54) is 167 Å². The molecule has 0 aliphatic carbocycles. The molecular weight excluding hydrogens is 1030 g/mol. The van der Waals surface area contributed by atoms with E-state index in [1.807, 2.05) is 6.08 Å². The van der Waals surface area contributed by atoms with Crippen molar-refractivity contribution in [3.05, 3.63) is 122 Å². The summed E-state index contributed by atoms with van der Waals surface area (Å²) in [6.07, 6.45) is 85.7. The number of carbonyl (C=O) groups excluding carboxylic acids is 1. The van der Waals surface area contributed by atoms with E-state index in [0.29, 0.717) is 6.42 Å². The molecule has 0 aromatic heterocycles. The van der Waals surface area contributed by atoms with Crippen LogP contribution in [0.3, 0.4) is 0 Å². The van der Waals surface area contributed by atoms with E-state index in [4.69, 9.17) is 9.47 Å². The van der Waals surface area contributed by atoms with E-state index < -0.39 is 49.5 Å². The van der Waals surface area contributed by atoms with Crippen molar-refractivity contribution in [1.29, 1.82) is 0 Å². The Kier molecular flexibility index (Phi) is 57.7. The number of rotatable bonds is 58. The van der Waals surface area contributed by atoms with Gasteiger partial charge in [-0.3, -0.25) is 4.79 Å². The van der Waals surface area contributed by atoms with Gasteiger partial charge < -0.3 is 40.3 Å². The van der Waals surface area contributed by atoms with E-state index in [1.54, 1.807) is 6.08 Å². The van der Waals surface area contributed by atoms with Gasteiger partial charge in [0.1, 0.15) is 24.4 Å². The molecule has 1 heterocycles. The number of hydrogen-bond acceptors (Lipinski definition) is 8. The average Bonchev–Trinajstić information content (AvgIpc) is 3.61. The first kappa shape index (κ1) is 77.6. The molecule has 7 atom stereocenters. The Balaban J connectivity index is 2.12. The maximum absolute atomic E-state index is 13.1. The Labute approximate surface area is 509 Å². The molecule has 1 aliphatic heterocycles. The number of ether oxygens (including phenoxy) is 2. The molecule has 1 amide bonds. The molecule has 9 heteroatoms. The SMILES string of the molecule is CC/C=C\C/C=C\C/C=C\C/C=C\C/C=C\C/C=C\C/C=C\C/C=C\C/C=C\CCCCCCCCCCCCCCCC(=O)NC(COC1OC(CO)C(O)C(O)C1O)C(O)/C=C/CCCCCCCCCCCCCCCCCCC. The van der Waals surface area contributed by atoms with Crippen LogP contribution in [0.25, 0.3) is 0 Å². The van der Waals surface area contributed by atoms with Gasteiger partial charge in [0.15, 0.2) is 6.29 Å². The lowest BCUT2D eigenvalue weighted by atomic mass is 9.99. The summed E-state index contributed by atoms with van der Waals surface area (Å²) in [5.74, 6) is -0.180. The molecule has 6 N–H and O–H groups in total. The summed E-state index contributed by atoms with van der Waals surface area (Å²) in [4.78, 5) is 13.1. The predicted molar refractivity (Wildman–Crippen MR) is 354 cm³/mol. The van der Waals surface area contributed by atoms with Crippen molar-refractivity contribution >= 4 is 5.91 Å². The van der Waals surface area contributed by atoms with E-state index in [9.17, 15) is 30.3 Å². The molecule has 1 rings (SSSR count). The molecule has 0 radical (unpaired) electrons. The number of carbonyl (C=O) groups is 1. The van der Waals surface area contributed by atoms with Gasteiger partial charge in [-0.2, -0.15) is 0 Å². The van der Waals surface area contributed by atoms with Crippen molar-refractivity contribution in [2.45, 2.75) is 326 Å². The van der Waals surface area contributed by atoms with E-state index >= 15 is 0 Å². The van der Waals surface area contributed by atoms with Crippen LogP contribution in [0.5, 0.6) is 0 Å². The first-order chi connectivity index (χ1) is 40.8. The Morgan fingerprint density at radius 3 is 1.11 bits per heavy atom. The Morgan fingerprint density at radius 1 is 0.422 bits per heavy atom. The molecular formula is C74H127NO8. The standard InChI is InChI=1S/C74H127NO8/c1-3-5-7-9-11-13-15-17-19-21-23-24-25-26-27-28-29-30-31-32-33-34-35-36-37-38-39-40-41-42-43-44-46-48-50-52-54-56-58-60-62-64-70(78)75-67(66-82-74-73(81)72(80)71(79)69(65-76)83-74)68(77)63-61-59-57-55-53-51-49-47-45-22-20-18-16-14-12-10-8-6-4-2/h5,7,11,13,17,19,23-24,26-27,29-30,32-33,35-36,38-39,61,63,67-69,71-74,76-77,79-81H,3-4,6,8-10,12,14-16,18,20-22,25,28,31,34,37,40-60,62,64-66H2,1-2H3,(H,75,78)/b7-5-,13-11-,19-17-,24-23-,27-26-,30-29-,33-32-,36-35-,39-38-,63-61+. The summed E-state index contributed by atoms with van der Waals surface area (Å²) in [5.41, 5.74) is 0. The summed E-state index contributed by atoms with van der Waals surface area (Å²) >= 11 is 0. The van der Waals surface area contributed by atoms with Crippen molar-refractivity contribution < 1.29 is 39.8 Å². The fourth-order valence-electron chi connectivity index (χ4n) is 10.2. The highest BCUT2D eigenvalue weighted by atomic mass is 16.7. The first-order valence-corrected chi connectivity index (χ1v) is 34.3. The molecule has 7 unspecified atom stereocenters. The normalized spacial score (nSPS) is 19.0. The lowest BCUT2D eigenvalue weighted by molar-refractivity contribution is -0.302.